The lowest BCUT2D eigenvalue weighted by Gasteiger charge is -2.33. The predicted octanol–water partition coefficient (Wildman–Crippen LogP) is 0.987. The van der Waals surface area contributed by atoms with Gasteiger partial charge in [-0.15, -0.1) is 0 Å². The van der Waals surface area contributed by atoms with Gasteiger partial charge in [0.05, 0.1) is 12.9 Å². The van der Waals surface area contributed by atoms with Gasteiger partial charge in [0.15, 0.2) is 0 Å². The maximum atomic E-state index is 12.7. The van der Waals surface area contributed by atoms with Gasteiger partial charge in [0.1, 0.15) is 0 Å². The van der Waals surface area contributed by atoms with E-state index in [4.69, 9.17) is 4.74 Å². The van der Waals surface area contributed by atoms with E-state index in [1.807, 2.05) is 18.2 Å². The van der Waals surface area contributed by atoms with Crippen LogP contribution in [0.3, 0.4) is 0 Å². The first-order chi connectivity index (χ1) is 10.4. The predicted molar refractivity (Wildman–Crippen MR) is 84.1 cm³/mol. The van der Waals surface area contributed by atoms with Crippen molar-refractivity contribution in [2.24, 2.45) is 0 Å². The van der Waals surface area contributed by atoms with E-state index in [0.717, 1.165) is 24.7 Å². The molecule has 6 nitrogen and oxygen atoms in total. The van der Waals surface area contributed by atoms with Gasteiger partial charge in [-0.25, -0.2) is 13.1 Å². The van der Waals surface area contributed by atoms with Crippen LogP contribution in [-0.4, -0.2) is 51.7 Å². The first-order valence-electron chi connectivity index (χ1n) is 7.24. The highest BCUT2D eigenvalue weighted by Gasteiger charge is 2.27. The number of rotatable bonds is 5. The van der Waals surface area contributed by atoms with Gasteiger partial charge >= 0.3 is 0 Å². The standard InChI is InChI=1S/C15H22N2O4S/c1-21-11-12-6-3-4-8-14(12)15(18)17-9-5-7-13(10-17)16-22(2,19)20/h3-4,6,8,13,16H,5,7,9-11H2,1-2H3/t13-/m0/s1. The van der Waals surface area contributed by atoms with Crippen LogP contribution in [0.25, 0.3) is 0 Å². The van der Waals surface area contributed by atoms with Gasteiger partial charge in [0.25, 0.3) is 5.91 Å². The summed E-state index contributed by atoms with van der Waals surface area (Å²) in [6.45, 7) is 1.41. The molecule has 1 amide bonds. The summed E-state index contributed by atoms with van der Waals surface area (Å²) in [5, 5.41) is 0. The van der Waals surface area contributed by atoms with Crippen molar-refractivity contribution in [3.63, 3.8) is 0 Å². The van der Waals surface area contributed by atoms with Gasteiger partial charge in [0, 0.05) is 31.8 Å². The molecule has 0 aliphatic carbocycles. The molecule has 1 heterocycles. The minimum absolute atomic E-state index is 0.0762. The number of hydrogen-bond acceptors (Lipinski definition) is 4. The Morgan fingerprint density at radius 2 is 2.14 bits per heavy atom. The Kier molecular flexibility index (Phi) is 5.55. The van der Waals surface area contributed by atoms with E-state index in [0.29, 0.717) is 25.3 Å². The van der Waals surface area contributed by atoms with Crippen molar-refractivity contribution >= 4 is 15.9 Å². The fourth-order valence-electron chi connectivity index (χ4n) is 2.74. The molecule has 2 rings (SSSR count). The number of nitrogens with zero attached hydrogens (tertiary/aromatic N) is 1. The van der Waals surface area contributed by atoms with Crippen LogP contribution < -0.4 is 4.72 Å². The number of amides is 1. The van der Waals surface area contributed by atoms with Crippen LogP contribution in [-0.2, 0) is 21.4 Å². The minimum Gasteiger partial charge on any atom is -0.380 e. The number of carbonyl (C=O) groups excluding carboxylic acids is 1. The number of ether oxygens (including phenoxy) is 1. The number of hydrogen-bond donors (Lipinski definition) is 1. The molecule has 0 radical (unpaired) electrons. The fourth-order valence-corrected chi connectivity index (χ4v) is 3.54. The Bertz CT molecular complexity index is 630. The normalized spacial score (nSPS) is 19.2. The van der Waals surface area contributed by atoms with Crippen LogP contribution in [0.15, 0.2) is 24.3 Å². The second-order valence-corrected chi connectivity index (χ2v) is 7.35. The van der Waals surface area contributed by atoms with Gasteiger partial charge in [0.2, 0.25) is 10.0 Å². The summed E-state index contributed by atoms with van der Waals surface area (Å²) < 4.78 is 30.4. The monoisotopic (exact) mass is 326 g/mol. The molecule has 0 unspecified atom stereocenters. The fraction of sp³-hybridized carbons (Fsp3) is 0.533. The number of piperidine rings is 1. The molecule has 1 aliphatic rings. The Balaban J connectivity index is 2.12. The van der Waals surface area contributed by atoms with Gasteiger partial charge in [-0.3, -0.25) is 4.79 Å². The molecule has 1 fully saturated rings. The van der Waals surface area contributed by atoms with E-state index in [-0.39, 0.29) is 11.9 Å². The molecule has 1 saturated heterocycles. The molecule has 0 spiro atoms. The third-order valence-corrected chi connectivity index (χ3v) is 4.40. The second-order valence-electron chi connectivity index (χ2n) is 5.57. The number of sulfonamides is 1. The summed E-state index contributed by atoms with van der Waals surface area (Å²) >= 11 is 0. The van der Waals surface area contributed by atoms with Crippen LogP contribution >= 0.6 is 0 Å². The topological polar surface area (TPSA) is 75.7 Å². The second kappa shape index (κ2) is 7.21. The molecule has 0 aromatic heterocycles. The molecule has 0 saturated carbocycles. The van der Waals surface area contributed by atoms with Gasteiger partial charge < -0.3 is 9.64 Å². The SMILES string of the molecule is COCc1ccccc1C(=O)N1CCC[C@H](NS(C)(=O)=O)C1. The number of benzene rings is 1. The Morgan fingerprint density at radius 1 is 1.41 bits per heavy atom. The van der Waals surface area contributed by atoms with Crippen molar-refractivity contribution < 1.29 is 17.9 Å². The summed E-state index contributed by atoms with van der Waals surface area (Å²) in [5.41, 5.74) is 1.46. The van der Waals surface area contributed by atoms with Crippen molar-refractivity contribution in [2.75, 3.05) is 26.5 Å². The molecular weight excluding hydrogens is 304 g/mol. The highest BCUT2D eigenvalue weighted by atomic mass is 32.2. The van der Waals surface area contributed by atoms with Crippen LogP contribution in [0.4, 0.5) is 0 Å². The summed E-state index contributed by atoms with van der Waals surface area (Å²) in [5.74, 6) is -0.0762. The highest BCUT2D eigenvalue weighted by molar-refractivity contribution is 7.88. The smallest absolute Gasteiger partial charge is 0.254 e. The lowest BCUT2D eigenvalue weighted by molar-refractivity contribution is 0.0698. The van der Waals surface area contributed by atoms with E-state index in [1.54, 1.807) is 18.1 Å². The van der Waals surface area contributed by atoms with Crippen molar-refractivity contribution in [3.8, 4) is 0 Å². The molecule has 1 N–H and O–H groups in total. The average Bonchev–Trinajstić information content (AvgIpc) is 2.46. The number of nitrogens with one attached hydrogen (secondary N) is 1. The van der Waals surface area contributed by atoms with Crippen LogP contribution in [0.5, 0.6) is 0 Å². The van der Waals surface area contributed by atoms with Gasteiger partial charge in [-0.05, 0) is 24.5 Å². The van der Waals surface area contributed by atoms with E-state index >= 15 is 0 Å². The molecule has 1 aromatic rings. The third kappa shape index (κ3) is 4.53. The zero-order valence-corrected chi connectivity index (χ0v) is 13.7. The van der Waals surface area contributed by atoms with Crippen LogP contribution in [0.2, 0.25) is 0 Å². The lowest BCUT2D eigenvalue weighted by Crippen LogP contribution is -2.49. The van der Waals surface area contributed by atoms with Crippen LogP contribution in [0, 0.1) is 0 Å². The summed E-state index contributed by atoms with van der Waals surface area (Å²) in [4.78, 5) is 14.4. The molecular formula is C15H22N2O4S. The van der Waals surface area contributed by atoms with Crippen LogP contribution in [0.1, 0.15) is 28.8 Å². The Hall–Kier alpha value is -1.44. The van der Waals surface area contributed by atoms with E-state index in [9.17, 15) is 13.2 Å². The van der Waals surface area contributed by atoms with Crippen molar-refractivity contribution in [2.45, 2.75) is 25.5 Å². The average molecular weight is 326 g/mol. The van der Waals surface area contributed by atoms with E-state index < -0.39 is 10.0 Å². The van der Waals surface area contributed by atoms with Crippen molar-refractivity contribution in [3.05, 3.63) is 35.4 Å². The summed E-state index contributed by atoms with van der Waals surface area (Å²) in [6, 6.07) is 7.12. The lowest BCUT2D eigenvalue weighted by atomic mass is 10.0. The highest BCUT2D eigenvalue weighted by Crippen LogP contribution is 2.17. The maximum Gasteiger partial charge on any atom is 0.254 e. The number of carbonyl (C=O) groups is 1. The van der Waals surface area contributed by atoms with Gasteiger partial charge in [-0.2, -0.15) is 0 Å². The summed E-state index contributed by atoms with van der Waals surface area (Å²) in [7, 11) is -1.67. The largest absolute Gasteiger partial charge is 0.380 e. The number of methoxy groups -OCH3 is 1. The van der Waals surface area contributed by atoms with Gasteiger partial charge in [-0.1, -0.05) is 18.2 Å². The molecule has 1 aromatic carbocycles. The molecule has 1 aliphatic heterocycles. The quantitative estimate of drug-likeness (QED) is 0.875. The molecule has 122 valence electrons. The zero-order chi connectivity index (χ0) is 16.2. The first kappa shape index (κ1) is 16.9. The molecule has 0 bridgehead atoms. The first-order valence-corrected chi connectivity index (χ1v) is 9.13. The molecule has 1 atom stereocenters. The summed E-state index contributed by atoms with van der Waals surface area (Å²) in [6.07, 6.45) is 2.67. The van der Waals surface area contributed by atoms with E-state index in [2.05, 4.69) is 4.72 Å². The van der Waals surface area contributed by atoms with Crippen molar-refractivity contribution in [1.29, 1.82) is 0 Å². The Morgan fingerprint density at radius 3 is 2.82 bits per heavy atom. The third-order valence-electron chi connectivity index (χ3n) is 3.64. The zero-order valence-electron chi connectivity index (χ0n) is 12.9. The molecule has 22 heavy (non-hydrogen) atoms. The van der Waals surface area contributed by atoms with E-state index in [1.165, 1.54) is 0 Å². The minimum atomic E-state index is -3.26. The van der Waals surface area contributed by atoms with Crippen molar-refractivity contribution in [1.82, 2.24) is 9.62 Å². The Labute approximate surface area is 131 Å². The number of likely N-dealkylation sites (tertiary alicyclic amines) is 1. The molecule has 7 heteroatoms. The maximum absolute atomic E-state index is 12.7.